The van der Waals surface area contributed by atoms with Crippen molar-refractivity contribution in [3.8, 4) is 0 Å². The van der Waals surface area contributed by atoms with Crippen LogP contribution in [0.4, 0.5) is 0 Å². The molecule has 3 aliphatic rings. The van der Waals surface area contributed by atoms with Crippen molar-refractivity contribution in [1.29, 1.82) is 0 Å². The standard InChI is InChI=1S/C32H62N2/c1-4-21-29-27-32(28-23-17-13-9-8-10-14-18-24-28)33(3)34(31(29)22-5-2)30-25-19-15-11-6-7-12-16-20-26-30/h28-32H,4-27H2,1-3H3. The lowest BCUT2D eigenvalue weighted by Crippen LogP contribution is -2.64. The van der Waals surface area contributed by atoms with Gasteiger partial charge < -0.3 is 0 Å². The van der Waals surface area contributed by atoms with Crippen LogP contribution in [0.2, 0.25) is 0 Å². The minimum Gasteiger partial charge on any atom is -0.241 e. The Hall–Kier alpha value is -0.0800. The summed E-state index contributed by atoms with van der Waals surface area (Å²) in [5.74, 6) is 1.84. The maximum Gasteiger partial charge on any atom is 0.0277 e. The van der Waals surface area contributed by atoms with Crippen LogP contribution in [0.25, 0.3) is 0 Å². The molecule has 3 atom stereocenters. The molecule has 0 aromatic carbocycles. The summed E-state index contributed by atoms with van der Waals surface area (Å²) in [5, 5.41) is 5.96. The third-order valence-corrected chi connectivity index (χ3v) is 9.91. The summed E-state index contributed by atoms with van der Waals surface area (Å²) in [6.07, 6.45) is 35.1. The monoisotopic (exact) mass is 474 g/mol. The van der Waals surface area contributed by atoms with Gasteiger partial charge in [0.25, 0.3) is 0 Å². The highest BCUT2D eigenvalue weighted by atomic mass is 15.7. The fourth-order valence-electron chi connectivity index (χ4n) is 8.07. The fraction of sp³-hybridized carbons (Fsp3) is 1.00. The van der Waals surface area contributed by atoms with E-state index in [9.17, 15) is 0 Å². The summed E-state index contributed by atoms with van der Waals surface area (Å²) in [5.41, 5.74) is 0. The second-order valence-electron chi connectivity index (χ2n) is 12.5. The van der Waals surface area contributed by atoms with Gasteiger partial charge in [-0.1, -0.05) is 123 Å². The van der Waals surface area contributed by atoms with Crippen molar-refractivity contribution in [3.63, 3.8) is 0 Å². The normalized spacial score (nSPS) is 31.7. The minimum atomic E-state index is 0.792. The molecule has 1 heterocycles. The van der Waals surface area contributed by atoms with Gasteiger partial charge >= 0.3 is 0 Å². The summed E-state index contributed by atoms with van der Waals surface area (Å²) in [7, 11) is 2.54. The van der Waals surface area contributed by atoms with E-state index in [4.69, 9.17) is 0 Å². The summed E-state index contributed by atoms with van der Waals surface area (Å²) in [6.45, 7) is 4.88. The second kappa shape index (κ2) is 16.6. The first-order valence-corrected chi connectivity index (χ1v) is 16.3. The van der Waals surface area contributed by atoms with Gasteiger partial charge in [-0.2, -0.15) is 0 Å². The molecule has 3 fully saturated rings. The van der Waals surface area contributed by atoms with E-state index >= 15 is 0 Å². The molecule has 2 heteroatoms. The summed E-state index contributed by atoms with van der Waals surface area (Å²) >= 11 is 0. The average Bonchev–Trinajstić information content (AvgIpc) is 2.90. The molecule has 1 aliphatic heterocycles. The molecule has 0 radical (unpaired) electrons. The maximum absolute atomic E-state index is 3.06. The number of hydrazine groups is 1. The summed E-state index contributed by atoms with van der Waals surface area (Å²) in [6, 6.07) is 2.38. The van der Waals surface area contributed by atoms with Gasteiger partial charge in [0.05, 0.1) is 0 Å². The summed E-state index contributed by atoms with van der Waals surface area (Å²) < 4.78 is 0. The van der Waals surface area contributed by atoms with E-state index in [1.807, 2.05) is 0 Å². The highest BCUT2D eigenvalue weighted by Gasteiger charge is 2.43. The molecule has 0 amide bonds. The molecule has 0 spiro atoms. The Morgan fingerprint density at radius 3 is 1.47 bits per heavy atom. The van der Waals surface area contributed by atoms with Gasteiger partial charge in [-0.15, -0.1) is 0 Å². The predicted octanol–water partition coefficient (Wildman–Crippen LogP) is 9.92. The molecule has 2 saturated carbocycles. The van der Waals surface area contributed by atoms with Gasteiger partial charge in [0, 0.05) is 25.2 Å². The Kier molecular flexibility index (Phi) is 13.9. The van der Waals surface area contributed by atoms with E-state index in [-0.39, 0.29) is 0 Å². The Bertz CT molecular complexity index is 483. The molecule has 2 aliphatic carbocycles. The molecular weight excluding hydrogens is 412 g/mol. The van der Waals surface area contributed by atoms with Crippen LogP contribution in [0.3, 0.4) is 0 Å². The summed E-state index contributed by atoms with van der Waals surface area (Å²) in [4.78, 5) is 0. The molecule has 3 unspecified atom stereocenters. The van der Waals surface area contributed by atoms with Crippen molar-refractivity contribution in [2.24, 2.45) is 11.8 Å². The van der Waals surface area contributed by atoms with Crippen LogP contribution < -0.4 is 0 Å². The highest BCUT2D eigenvalue weighted by molar-refractivity contribution is 4.93. The van der Waals surface area contributed by atoms with E-state index in [2.05, 4.69) is 30.9 Å². The first-order chi connectivity index (χ1) is 16.8. The Morgan fingerprint density at radius 2 is 1.00 bits per heavy atom. The van der Waals surface area contributed by atoms with E-state index in [1.54, 1.807) is 0 Å². The van der Waals surface area contributed by atoms with Gasteiger partial charge in [0.2, 0.25) is 0 Å². The number of hydrogen-bond acceptors (Lipinski definition) is 2. The molecule has 1 saturated heterocycles. The lowest BCUT2D eigenvalue weighted by Gasteiger charge is -2.56. The van der Waals surface area contributed by atoms with E-state index in [1.165, 1.54) is 154 Å². The zero-order valence-corrected chi connectivity index (χ0v) is 23.8. The van der Waals surface area contributed by atoms with Crippen LogP contribution >= 0.6 is 0 Å². The van der Waals surface area contributed by atoms with Crippen molar-refractivity contribution in [3.05, 3.63) is 0 Å². The smallest absolute Gasteiger partial charge is 0.0277 e. The highest BCUT2D eigenvalue weighted by Crippen LogP contribution is 2.41. The van der Waals surface area contributed by atoms with E-state index in [0.717, 1.165) is 30.0 Å². The zero-order valence-electron chi connectivity index (χ0n) is 23.8. The Balaban J connectivity index is 1.82. The van der Waals surface area contributed by atoms with Crippen LogP contribution in [-0.4, -0.2) is 35.2 Å². The molecule has 0 aromatic heterocycles. The van der Waals surface area contributed by atoms with Gasteiger partial charge in [-0.3, -0.25) is 0 Å². The van der Waals surface area contributed by atoms with Crippen LogP contribution in [0.5, 0.6) is 0 Å². The quantitative estimate of drug-likeness (QED) is 0.378. The van der Waals surface area contributed by atoms with Gasteiger partial charge in [0.1, 0.15) is 0 Å². The van der Waals surface area contributed by atoms with Gasteiger partial charge in [0.15, 0.2) is 0 Å². The molecule has 200 valence electrons. The Labute approximate surface area is 215 Å². The van der Waals surface area contributed by atoms with E-state index < -0.39 is 0 Å². The number of nitrogens with zero attached hydrogens (tertiary/aromatic N) is 2. The largest absolute Gasteiger partial charge is 0.241 e. The number of rotatable bonds is 6. The van der Waals surface area contributed by atoms with Crippen molar-refractivity contribution in [2.45, 2.75) is 186 Å². The van der Waals surface area contributed by atoms with Crippen LogP contribution in [-0.2, 0) is 0 Å². The van der Waals surface area contributed by atoms with E-state index in [0.29, 0.717) is 0 Å². The van der Waals surface area contributed by atoms with Crippen LogP contribution in [0.1, 0.15) is 168 Å². The van der Waals surface area contributed by atoms with Gasteiger partial charge in [-0.25, -0.2) is 10.0 Å². The lowest BCUT2D eigenvalue weighted by atomic mass is 9.76. The molecule has 34 heavy (non-hydrogen) atoms. The molecule has 0 N–H and O–H groups in total. The van der Waals surface area contributed by atoms with Gasteiger partial charge in [-0.05, 0) is 56.8 Å². The maximum atomic E-state index is 3.06. The van der Waals surface area contributed by atoms with Crippen LogP contribution in [0, 0.1) is 11.8 Å². The molecule has 2 nitrogen and oxygen atoms in total. The van der Waals surface area contributed by atoms with Crippen molar-refractivity contribution in [1.82, 2.24) is 10.0 Å². The zero-order chi connectivity index (χ0) is 24.0. The lowest BCUT2D eigenvalue weighted by molar-refractivity contribution is -0.176. The molecule has 0 aromatic rings. The van der Waals surface area contributed by atoms with Crippen molar-refractivity contribution in [2.75, 3.05) is 7.05 Å². The van der Waals surface area contributed by atoms with Crippen molar-refractivity contribution < 1.29 is 0 Å². The molecule has 0 bridgehead atoms. The fourth-order valence-corrected chi connectivity index (χ4v) is 8.07. The topological polar surface area (TPSA) is 6.48 Å². The average molecular weight is 475 g/mol. The molecule has 3 rings (SSSR count). The SMILES string of the molecule is CCCC1CC(C2CCCCCCCCC2)N(C)N(C2CCCCCCCCCC2)C1CCC. The third-order valence-electron chi connectivity index (χ3n) is 9.91. The first kappa shape index (κ1) is 28.5. The third kappa shape index (κ3) is 8.79. The minimum absolute atomic E-state index is 0.792. The second-order valence-corrected chi connectivity index (χ2v) is 12.5. The Morgan fingerprint density at radius 1 is 0.559 bits per heavy atom. The number of hydrogen-bond donors (Lipinski definition) is 0. The predicted molar refractivity (Wildman–Crippen MR) is 150 cm³/mol. The van der Waals surface area contributed by atoms with Crippen molar-refractivity contribution >= 4 is 0 Å². The molecular formula is C32H62N2. The first-order valence-electron chi connectivity index (χ1n) is 16.3. The van der Waals surface area contributed by atoms with Crippen LogP contribution in [0.15, 0.2) is 0 Å².